The summed E-state index contributed by atoms with van der Waals surface area (Å²) in [5.41, 5.74) is 1.81. The summed E-state index contributed by atoms with van der Waals surface area (Å²) < 4.78 is 5.56. The number of aryl methyl sites for hydroxylation is 1. The van der Waals surface area contributed by atoms with Gasteiger partial charge in [-0.15, -0.1) is 11.6 Å². The highest BCUT2D eigenvalue weighted by atomic mass is 35.5. The number of benzene rings is 1. The molecule has 0 amide bonds. The van der Waals surface area contributed by atoms with E-state index in [0.717, 1.165) is 36.3 Å². The van der Waals surface area contributed by atoms with Crippen LogP contribution in [0.5, 0.6) is 0 Å². The highest BCUT2D eigenvalue weighted by Gasteiger charge is 2.03. The lowest BCUT2D eigenvalue weighted by Crippen LogP contribution is -1.85. The van der Waals surface area contributed by atoms with Crippen LogP contribution in [-0.4, -0.2) is 10.9 Å². The molecular weight excluding hydrogens is 198 g/mol. The molecule has 0 unspecified atom stereocenters. The van der Waals surface area contributed by atoms with Gasteiger partial charge in [0.2, 0.25) is 0 Å². The van der Waals surface area contributed by atoms with Gasteiger partial charge < -0.3 is 4.42 Å². The Labute approximate surface area is 87.9 Å². The van der Waals surface area contributed by atoms with Gasteiger partial charge in [0.15, 0.2) is 11.5 Å². The molecule has 0 N–H and O–H groups in total. The second-order valence-electron chi connectivity index (χ2n) is 3.22. The summed E-state index contributed by atoms with van der Waals surface area (Å²) in [7, 11) is 0. The Morgan fingerprint density at radius 2 is 2.07 bits per heavy atom. The number of aromatic nitrogens is 1. The maximum absolute atomic E-state index is 5.60. The van der Waals surface area contributed by atoms with E-state index < -0.39 is 0 Å². The van der Waals surface area contributed by atoms with E-state index in [-0.39, 0.29) is 0 Å². The second-order valence-corrected chi connectivity index (χ2v) is 3.60. The topological polar surface area (TPSA) is 26.0 Å². The van der Waals surface area contributed by atoms with Gasteiger partial charge in [-0.2, -0.15) is 0 Å². The van der Waals surface area contributed by atoms with Crippen molar-refractivity contribution in [3.8, 4) is 0 Å². The molecule has 0 aliphatic heterocycles. The molecule has 0 fully saturated rings. The number of rotatable bonds is 4. The Balaban J connectivity index is 2.11. The van der Waals surface area contributed by atoms with Crippen molar-refractivity contribution in [2.24, 2.45) is 0 Å². The first-order chi connectivity index (χ1) is 6.90. The maximum atomic E-state index is 5.60. The molecule has 0 saturated heterocycles. The molecule has 74 valence electrons. The molecule has 1 aromatic carbocycles. The summed E-state index contributed by atoms with van der Waals surface area (Å²) in [5.74, 6) is 1.52. The van der Waals surface area contributed by atoms with E-state index >= 15 is 0 Å². The molecule has 0 aliphatic rings. The molecule has 0 aliphatic carbocycles. The summed E-state index contributed by atoms with van der Waals surface area (Å²) in [6.07, 6.45) is 2.93. The van der Waals surface area contributed by atoms with Gasteiger partial charge in [0.1, 0.15) is 5.52 Å². The smallest absolute Gasteiger partial charge is 0.195 e. The average Bonchev–Trinajstić information content (AvgIpc) is 2.60. The van der Waals surface area contributed by atoms with Crippen LogP contribution in [0.4, 0.5) is 0 Å². The minimum absolute atomic E-state index is 0.709. The average molecular weight is 210 g/mol. The Kier molecular flexibility index (Phi) is 3.04. The van der Waals surface area contributed by atoms with Crippen molar-refractivity contribution < 1.29 is 4.42 Å². The SMILES string of the molecule is ClCCCCc1nc2ccccc2o1. The Bertz CT molecular complexity index is 377. The van der Waals surface area contributed by atoms with Gasteiger partial charge >= 0.3 is 0 Å². The Hall–Kier alpha value is -1.02. The van der Waals surface area contributed by atoms with Gasteiger partial charge in [-0.05, 0) is 25.0 Å². The number of alkyl halides is 1. The monoisotopic (exact) mass is 209 g/mol. The molecule has 3 heteroatoms. The van der Waals surface area contributed by atoms with E-state index in [1.807, 2.05) is 24.3 Å². The molecule has 0 atom stereocenters. The van der Waals surface area contributed by atoms with Crippen molar-refractivity contribution in [2.75, 3.05) is 5.88 Å². The molecule has 2 rings (SSSR count). The summed E-state index contributed by atoms with van der Waals surface area (Å²) in [6, 6.07) is 7.82. The van der Waals surface area contributed by atoms with E-state index in [4.69, 9.17) is 16.0 Å². The fourth-order valence-electron chi connectivity index (χ4n) is 1.40. The van der Waals surface area contributed by atoms with Gasteiger partial charge in [0, 0.05) is 12.3 Å². The quantitative estimate of drug-likeness (QED) is 0.570. The van der Waals surface area contributed by atoms with Crippen LogP contribution in [-0.2, 0) is 6.42 Å². The number of hydrogen-bond donors (Lipinski definition) is 0. The lowest BCUT2D eigenvalue weighted by molar-refractivity contribution is 0.518. The molecular formula is C11H12ClNO. The van der Waals surface area contributed by atoms with Crippen molar-refractivity contribution in [3.63, 3.8) is 0 Å². The van der Waals surface area contributed by atoms with Gasteiger partial charge in [-0.1, -0.05) is 12.1 Å². The lowest BCUT2D eigenvalue weighted by atomic mass is 10.2. The van der Waals surface area contributed by atoms with Gasteiger partial charge in [0.05, 0.1) is 0 Å². The van der Waals surface area contributed by atoms with Crippen LogP contribution in [0.25, 0.3) is 11.1 Å². The molecule has 0 spiro atoms. The predicted octanol–water partition coefficient (Wildman–Crippen LogP) is 3.39. The van der Waals surface area contributed by atoms with Crippen LogP contribution in [0.2, 0.25) is 0 Å². The Morgan fingerprint density at radius 3 is 2.86 bits per heavy atom. The molecule has 1 heterocycles. The van der Waals surface area contributed by atoms with E-state index in [1.165, 1.54) is 0 Å². The first-order valence-electron chi connectivity index (χ1n) is 4.80. The standard InChI is InChI=1S/C11H12ClNO/c12-8-4-3-7-11-13-9-5-1-2-6-10(9)14-11/h1-2,5-6H,3-4,7-8H2. The number of hydrogen-bond acceptors (Lipinski definition) is 2. The number of unbranched alkanes of at least 4 members (excludes halogenated alkanes) is 1. The highest BCUT2D eigenvalue weighted by molar-refractivity contribution is 6.17. The fourth-order valence-corrected chi connectivity index (χ4v) is 1.59. The fraction of sp³-hybridized carbons (Fsp3) is 0.364. The summed E-state index contributed by atoms with van der Waals surface area (Å²) in [4.78, 5) is 4.37. The van der Waals surface area contributed by atoms with Crippen molar-refractivity contribution in [3.05, 3.63) is 30.2 Å². The van der Waals surface area contributed by atoms with Gasteiger partial charge in [0.25, 0.3) is 0 Å². The van der Waals surface area contributed by atoms with Crippen LogP contribution >= 0.6 is 11.6 Å². The first kappa shape index (κ1) is 9.53. The number of nitrogens with zero attached hydrogens (tertiary/aromatic N) is 1. The minimum atomic E-state index is 0.709. The number of fused-ring (bicyclic) bond motifs is 1. The van der Waals surface area contributed by atoms with Crippen LogP contribution in [0.3, 0.4) is 0 Å². The normalized spacial score (nSPS) is 10.9. The maximum Gasteiger partial charge on any atom is 0.195 e. The van der Waals surface area contributed by atoms with E-state index in [1.54, 1.807) is 0 Å². The molecule has 14 heavy (non-hydrogen) atoms. The van der Waals surface area contributed by atoms with Crippen molar-refractivity contribution in [1.29, 1.82) is 0 Å². The zero-order chi connectivity index (χ0) is 9.80. The van der Waals surface area contributed by atoms with E-state index in [0.29, 0.717) is 5.88 Å². The van der Waals surface area contributed by atoms with Crippen LogP contribution in [0.15, 0.2) is 28.7 Å². The molecule has 0 saturated carbocycles. The second kappa shape index (κ2) is 4.47. The largest absolute Gasteiger partial charge is 0.441 e. The number of para-hydroxylation sites is 2. The van der Waals surface area contributed by atoms with Crippen LogP contribution in [0, 0.1) is 0 Å². The Morgan fingerprint density at radius 1 is 1.21 bits per heavy atom. The molecule has 1 aromatic heterocycles. The highest BCUT2D eigenvalue weighted by Crippen LogP contribution is 2.15. The molecule has 2 aromatic rings. The number of halogens is 1. The number of oxazole rings is 1. The zero-order valence-electron chi connectivity index (χ0n) is 7.87. The van der Waals surface area contributed by atoms with E-state index in [9.17, 15) is 0 Å². The van der Waals surface area contributed by atoms with Crippen molar-refractivity contribution >= 4 is 22.7 Å². The predicted molar refractivity (Wildman–Crippen MR) is 57.7 cm³/mol. The summed E-state index contributed by atoms with van der Waals surface area (Å²) >= 11 is 5.60. The molecule has 2 nitrogen and oxygen atoms in total. The van der Waals surface area contributed by atoms with E-state index in [2.05, 4.69) is 4.98 Å². The molecule has 0 radical (unpaired) electrons. The molecule has 0 bridgehead atoms. The zero-order valence-corrected chi connectivity index (χ0v) is 8.63. The van der Waals surface area contributed by atoms with Crippen molar-refractivity contribution in [1.82, 2.24) is 4.98 Å². The third-order valence-corrected chi connectivity index (χ3v) is 2.38. The third kappa shape index (κ3) is 2.07. The summed E-state index contributed by atoms with van der Waals surface area (Å²) in [6.45, 7) is 0. The summed E-state index contributed by atoms with van der Waals surface area (Å²) in [5, 5.41) is 0. The van der Waals surface area contributed by atoms with Gasteiger partial charge in [-0.25, -0.2) is 4.98 Å². The minimum Gasteiger partial charge on any atom is -0.441 e. The van der Waals surface area contributed by atoms with Crippen molar-refractivity contribution in [2.45, 2.75) is 19.3 Å². The van der Waals surface area contributed by atoms with Crippen LogP contribution in [0.1, 0.15) is 18.7 Å². The first-order valence-corrected chi connectivity index (χ1v) is 5.34. The van der Waals surface area contributed by atoms with Gasteiger partial charge in [-0.3, -0.25) is 0 Å². The third-order valence-electron chi connectivity index (χ3n) is 2.11. The lowest BCUT2D eigenvalue weighted by Gasteiger charge is -1.91. The van der Waals surface area contributed by atoms with Crippen LogP contribution < -0.4 is 0 Å².